The zero-order valence-electron chi connectivity index (χ0n) is 17.4. The van der Waals surface area contributed by atoms with Crippen LogP contribution in [0.2, 0.25) is 0 Å². The number of rotatable bonds is 1. The van der Waals surface area contributed by atoms with Crippen LogP contribution in [0.5, 0.6) is 0 Å². The van der Waals surface area contributed by atoms with Crippen LogP contribution in [0.3, 0.4) is 0 Å². The molecule has 4 rings (SSSR count). The van der Waals surface area contributed by atoms with E-state index in [2.05, 4.69) is 13.8 Å². The zero-order valence-corrected chi connectivity index (χ0v) is 19.9. The maximum atomic E-state index is 12.6. The Morgan fingerprint density at radius 1 is 0.677 bits per heavy atom. The molecule has 0 atom stereocenters. The minimum absolute atomic E-state index is 0. The first-order valence-electron chi connectivity index (χ1n) is 9.26. The van der Waals surface area contributed by atoms with Gasteiger partial charge in [0.05, 0.1) is 5.82 Å². The molecule has 0 fully saturated rings. The van der Waals surface area contributed by atoms with Gasteiger partial charge in [-0.3, -0.25) is 8.78 Å². The fourth-order valence-corrected chi connectivity index (χ4v) is 2.05. The van der Waals surface area contributed by atoms with E-state index in [1.807, 2.05) is 91.0 Å². The smallest absolute Gasteiger partial charge is 0.288 e. The van der Waals surface area contributed by atoms with Crippen molar-refractivity contribution in [3.05, 3.63) is 158 Å². The van der Waals surface area contributed by atoms with Crippen molar-refractivity contribution in [3.8, 4) is 0 Å². The summed E-state index contributed by atoms with van der Waals surface area (Å²) in [6, 6.07) is 33.1. The van der Waals surface area contributed by atoms with E-state index in [1.54, 1.807) is 0 Å². The summed E-state index contributed by atoms with van der Waals surface area (Å²) < 4.78 is 37.4. The van der Waals surface area contributed by atoms with Crippen molar-refractivity contribution in [2.45, 2.75) is 6.92 Å². The first kappa shape index (κ1) is 28.3. The van der Waals surface area contributed by atoms with Crippen LogP contribution in [0.4, 0.5) is 13.2 Å². The van der Waals surface area contributed by atoms with Crippen LogP contribution in [0.25, 0.3) is 0 Å². The van der Waals surface area contributed by atoms with Crippen LogP contribution in [0.1, 0.15) is 23.6 Å². The number of benzene rings is 3. The maximum Gasteiger partial charge on any atom is 4.00 e. The van der Waals surface area contributed by atoms with Crippen molar-refractivity contribution in [3.63, 3.8) is 0 Å². The van der Waals surface area contributed by atoms with Crippen molar-refractivity contribution in [1.29, 1.82) is 0 Å². The molecule has 0 N–H and O–H groups in total. The number of hydrogen-bond acceptors (Lipinski definition) is 0. The second kappa shape index (κ2) is 17.0. The molecule has 4 aromatic rings. The monoisotopic (exact) mass is 496 g/mol. The maximum absolute atomic E-state index is 12.6. The molecule has 0 spiro atoms. The van der Waals surface area contributed by atoms with Gasteiger partial charge in [0.25, 0.3) is 0 Å². The molecular formula is C27H25F3Zr. The van der Waals surface area contributed by atoms with E-state index in [1.165, 1.54) is 12.1 Å². The Balaban J connectivity index is 0.000000398. The van der Waals surface area contributed by atoms with Crippen molar-refractivity contribution in [2.75, 3.05) is 0 Å². The average Bonchev–Trinajstić information content (AvgIpc) is 3.32. The van der Waals surface area contributed by atoms with Gasteiger partial charge in [0.2, 0.25) is 0 Å². The molecule has 0 bridgehead atoms. The first-order valence-corrected chi connectivity index (χ1v) is 9.26. The summed E-state index contributed by atoms with van der Waals surface area (Å²) in [6.07, 6.45) is -0.720. The van der Waals surface area contributed by atoms with Gasteiger partial charge in [-0.2, -0.15) is 73.5 Å². The molecule has 0 aliphatic rings. The Hall–Kier alpha value is -2.71. The van der Waals surface area contributed by atoms with E-state index in [0.29, 0.717) is 0 Å². The molecule has 0 heterocycles. The summed E-state index contributed by atoms with van der Waals surface area (Å²) >= 11 is 0. The average molecular weight is 498 g/mol. The van der Waals surface area contributed by atoms with Crippen molar-refractivity contribution in [2.24, 2.45) is 0 Å². The Morgan fingerprint density at radius 3 is 1.39 bits per heavy atom. The Kier molecular flexibility index (Phi) is 15.5. The third-order valence-electron chi connectivity index (χ3n) is 3.56. The third-order valence-corrected chi connectivity index (χ3v) is 3.56. The molecular weight excluding hydrogens is 473 g/mol. The molecule has 0 radical (unpaired) electrons. The quantitative estimate of drug-likeness (QED) is 0.234. The molecule has 158 valence electrons. The molecule has 0 saturated heterocycles. The topological polar surface area (TPSA) is 0 Å². The molecule has 31 heavy (non-hydrogen) atoms. The van der Waals surface area contributed by atoms with Gasteiger partial charge in [-0.1, -0.05) is 19.1 Å². The second-order valence-corrected chi connectivity index (χ2v) is 6.07. The molecule has 0 aliphatic heterocycles. The van der Waals surface area contributed by atoms with Crippen LogP contribution in [0.15, 0.2) is 109 Å². The van der Waals surface area contributed by atoms with Gasteiger partial charge < -0.3 is 0 Å². The fourth-order valence-electron chi connectivity index (χ4n) is 2.05. The van der Waals surface area contributed by atoms with Crippen LogP contribution >= 0.6 is 0 Å². The molecule has 0 unspecified atom stereocenters. The van der Waals surface area contributed by atoms with E-state index in [0.717, 1.165) is 24.1 Å². The van der Waals surface area contributed by atoms with Crippen molar-refractivity contribution in [1.82, 2.24) is 0 Å². The van der Waals surface area contributed by atoms with E-state index >= 15 is 0 Å². The van der Waals surface area contributed by atoms with Gasteiger partial charge in [-0.05, 0) is 12.2 Å². The molecule has 4 heteroatoms. The Labute approximate surface area is 203 Å². The van der Waals surface area contributed by atoms with Gasteiger partial charge in [0.15, 0.2) is 0 Å². The summed E-state index contributed by atoms with van der Waals surface area (Å²) in [4.78, 5) is 0. The third kappa shape index (κ3) is 13.3. The Bertz CT molecular complexity index is 851. The summed E-state index contributed by atoms with van der Waals surface area (Å²) in [5, 5.41) is 0. The predicted molar refractivity (Wildman–Crippen MR) is 119 cm³/mol. The summed E-state index contributed by atoms with van der Waals surface area (Å²) in [6.45, 7) is 8.52. The predicted octanol–water partition coefficient (Wildman–Crippen LogP) is 7.97. The standard InChI is InChI=1S/C8H6F3.2C7H7.C5H5.Zr/c1-5(9)6-3-2-4-7(10)8(6)11;2*1-7-5-3-2-4-6-7;1-2-4-5-3-1;/h2-4H,1H3;2*2-6H,1H2;1-5H;/q4*-1;+4. The van der Waals surface area contributed by atoms with Gasteiger partial charge in [0.1, 0.15) is 5.82 Å². The Morgan fingerprint density at radius 2 is 1.13 bits per heavy atom. The molecule has 0 amide bonds. The summed E-state index contributed by atoms with van der Waals surface area (Å²) in [7, 11) is 0. The minimum Gasteiger partial charge on any atom is -0.288 e. The molecule has 0 saturated carbocycles. The van der Waals surface area contributed by atoms with E-state index in [4.69, 9.17) is 0 Å². The van der Waals surface area contributed by atoms with Crippen LogP contribution in [-0.4, -0.2) is 0 Å². The minimum atomic E-state index is -1.13. The van der Waals surface area contributed by atoms with E-state index < -0.39 is 17.8 Å². The van der Waals surface area contributed by atoms with Crippen LogP contribution in [-0.2, 0) is 26.2 Å². The summed E-state index contributed by atoms with van der Waals surface area (Å²) in [5.74, 6) is -2.16. The SMILES string of the molecule is C[C-](F)c1cccc(F)c1F.[CH2-]c1ccccc1.[CH2-]c1ccccc1.[Zr+4].c1cc[cH-]c1. The number of hydrogen-bond donors (Lipinski definition) is 0. The van der Waals surface area contributed by atoms with Gasteiger partial charge in [-0.25, -0.2) is 16.5 Å². The van der Waals surface area contributed by atoms with E-state index in [9.17, 15) is 13.2 Å². The fraction of sp³-hybridized carbons (Fsp3) is 0.0370. The largest absolute Gasteiger partial charge is 4.00 e. The number of halogens is 3. The van der Waals surface area contributed by atoms with Gasteiger partial charge in [0, 0.05) is 0 Å². The van der Waals surface area contributed by atoms with E-state index in [-0.39, 0.29) is 31.8 Å². The first-order chi connectivity index (χ1) is 14.4. The van der Waals surface area contributed by atoms with Gasteiger partial charge >= 0.3 is 26.2 Å². The molecule has 0 aromatic heterocycles. The van der Waals surface area contributed by atoms with Crippen molar-refractivity contribution < 1.29 is 39.4 Å². The second-order valence-electron chi connectivity index (χ2n) is 6.07. The van der Waals surface area contributed by atoms with Gasteiger partial charge in [-0.15, -0.1) is 35.9 Å². The molecule has 0 nitrogen and oxygen atoms in total. The van der Waals surface area contributed by atoms with Crippen LogP contribution < -0.4 is 0 Å². The molecule has 0 aliphatic carbocycles. The normalized spacial score (nSPS) is 8.65. The molecule has 4 aromatic carbocycles. The van der Waals surface area contributed by atoms with Crippen LogP contribution in [0, 0.1) is 31.7 Å². The zero-order chi connectivity index (χ0) is 22.2. The van der Waals surface area contributed by atoms with Crippen molar-refractivity contribution >= 4 is 0 Å². The summed E-state index contributed by atoms with van der Waals surface area (Å²) in [5.41, 5.74) is 1.83.